The Balaban J connectivity index is 0.00000103. The first-order chi connectivity index (χ1) is 16.4. The maximum Gasteiger partial charge on any atom is 0.373 e. The van der Waals surface area contributed by atoms with Gasteiger partial charge in [-0.2, -0.15) is 9.59 Å². The first-order valence-electron chi connectivity index (χ1n) is 11.3. The van der Waals surface area contributed by atoms with Crippen LogP contribution in [0.1, 0.15) is 43.1 Å². The molecule has 0 saturated heterocycles. The predicted molar refractivity (Wildman–Crippen MR) is 132 cm³/mol. The summed E-state index contributed by atoms with van der Waals surface area (Å²) in [4.78, 5) is 33.4. The second kappa shape index (κ2) is 11.7. The Labute approximate surface area is 199 Å². The maximum atomic E-state index is 12.6. The standard InChI is InChI=1S/C27H29N3O.CO2/c1-19(2)15-20(3)29-27(31)24-13-14-26-25(16-24)28-18-30(26)17-21-9-11-23(12-10-21)22-7-5-4-6-8-22;2-1-3/h4-14,16,18-20H,15,17H2,1-3H3,(H,29,31);. The van der Waals surface area contributed by atoms with Crippen LogP contribution in [-0.2, 0) is 16.1 Å². The highest BCUT2D eigenvalue weighted by Gasteiger charge is 2.13. The molecule has 0 aliphatic heterocycles. The van der Waals surface area contributed by atoms with Crippen LogP contribution >= 0.6 is 0 Å². The topological polar surface area (TPSA) is 81.1 Å². The molecule has 0 bridgehead atoms. The average molecular weight is 456 g/mol. The van der Waals surface area contributed by atoms with Crippen molar-refractivity contribution in [3.05, 3.63) is 90.3 Å². The van der Waals surface area contributed by atoms with Crippen molar-refractivity contribution in [2.45, 2.75) is 39.8 Å². The molecule has 0 aliphatic carbocycles. The number of carbonyl (C=O) groups is 1. The van der Waals surface area contributed by atoms with Crippen LogP contribution in [0.2, 0.25) is 0 Å². The quantitative estimate of drug-likeness (QED) is 0.408. The zero-order chi connectivity index (χ0) is 24.5. The van der Waals surface area contributed by atoms with Gasteiger partial charge < -0.3 is 9.88 Å². The van der Waals surface area contributed by atoms with E-state index in [0.717, 1.165) is 24.0 Å². The molecule has 1 heterocycles. The zero-order valence-corrected chi connectivity index (χ0v) is 19.7. The van der Waals surface area contributed by atoms with Crippen LogP contribution in [0.15, 0.2) is 79.1 Å². The molecule has 1 amide bonds. The largest absolute Gasteiger partial charge is 0.373 e. The molecule has 4 rings (SSSR count). The van der Waals surface area contributed by atoms with Gasteiger partial charge in [-0.1, -0.05) is 68.4 Å². The molecule has 4 aromatic rings. The normalized spacial score (nSPS) is 11.4. The van der Waals surface area contributed by atoms with Crippen LogP contribution in [-0.4, -0.2) is 27.7 Å². The molecule has 34 heavy (non-hydrogen) atoms. The molecular weight excluding hydrogens is 426 g/mol. The number of aromatic nitrogens is 2. The van der Waals surface area contributed by atoms with Crippen molar-refractivity contribution in [1.29, 1.82) is 0 Å². The van der Waals surface area contributed by atoms with Gasteiger partial charge in [0.25, 0.3) is 5.91 Å². The summed E-state index contributed by atoms with van der Waals surface area (Å²) < 4.78 is 2.12. The first-order valence-corrected chi connectivity index (χ1v) is 11.3. The van der Waals surface area contributed by atoms with E-state index in [1.54, 1.807) is 0 Å². The van der Waals surface area contributed by atoms with E-state index in [1.165, 1.54) is 16.7 Å². The van der Waals surface area contributed by atoms with Gasteiger partial charge in [0, 0.05) is 18.2 Å². The number of fused-ring (bicyclic) bond motifs is 1. The molecule has 6 nitrogen and oxygen atoms in total. The zero-order valence-electron chi connectivity index (χ0n) is 19.7. The van der Waals surface area contributed by atoms with Crippen molar-refractivity contribution in [2.75, 3.05) is 0 Å². The lowest BCUT2D eigenvalue weighted by molar-refractivity contribution is -0.191. The fourth-order valence-corrected chi connectivity index (χ4v) is 4.03. The molecule has 1 N–H and O–H groups in total. The van der Waals surface area contributed by atoms with Crippen LogP contribution in [0.4, 0.5) is 0 Å². The molecule has 1 atom stereocenters. The van der Waals surface area contributed by atoms with Crippen molar-refractivity contribution in [2.24, 2.45) is 5.92 Å². The molecular formula is C28H29N3O3. The number of imidazole rings is 1. The number of rotatable bonds is 7. The SMILES string of the molecule is CC(C)CC(C)NC(=O)c1ccc2c(c1)ncn2Cc1ccc(-c2ccccc2)cc1.O=C=O. The minimum absolute atomic E-state index is 0.0406. The van der Waals surface area contributed by atoms with E-state index >= 15 is 0 Å². The summed E-state index contributed by atoms with van der Waals surface area (Å²) in [5, 5.41) is 3.08. The van der Waals surface area contributed by atoms with Gasteiger partial charge in [0.15, 0.2) is 0 Å². The van der Waals surface area contributed by atoms with Crippen LogP contribution in [0.3, 0.4) is 0 Å². The highest BCUT2D eigenvalue weighted by Crippen LogP contribution is 2.21. The summed E-state index contributed by atoms with van der Waals surface area (Å²) >= 11 is 0. The molecule has 0 aliphatic rings. The fraction of sp³-hybridized carbons (Fsp3) is 0.250. The Bertz CT molecular complexity index is 1260. The smallest absolute Gasteiger partial charge is 0.350 e. The minimum atomic E-state index is -0.0406. The summed E-state index contributed by atoms with van der Waals surface area (Å²) in [6, 6.07) is 24.9. The number of nitrogens with one attached hydrogen (secondary N) is 1. The monoisotopic (exact) mass is 455 g/mol. The van der Waals surface area contributed by atoms with E-state index in [0.29, 0.717) is 11.5 Å². The van der Waals surface area contributed by atoms with E-state index in [1.807, 2.05) is 37.5 Å². The Morgan fingerprint density at radius 2 is 1.59 bits per heavy atom. The molecule has 0 fully saturated rings. The Morgan fingerprint density at radius 1 is 0.941 bits per heavy atom. The van der Waals surface area contributed by atoms with Crippen molar-refractivity contribution in [3.63, 3.8) is 0 Å². The fourth-order valence-electron chi connectivity index (χ4n) is 4.03. The maximum absolute atomic E-state index is 12.6. The number of hydrogen-bond acceptors (Lipinski definition) is 4. The molecule has 174 valence electrons. The third-order valence-corrected chi connectivity index (χ3v) is 5.50. The van der Waals surface area contributed by atoms with Gasteiger partial charge in [0.05, 0.1) is 17.4 Å². The van der Waals surface area contributed by atoms with Gasteiger partial charge in [-0.05, 0) is 54.2 Å². The van der Waals surface area contributed by atoms with E-state index in [4.69, 9.17) is 9.59 Å². The first kappa shape index (κ1) is 24.6. The number of nitrogens with zero attached hydrogens (tertiary/aromatic N) is 2. The van der Waals surface area contributed by atoms with Gasteiger partial charge in [-0.15, -0.1) is 0 Å². The second-order valence-corrected chi connectivity index (χ2v) is 8.73. The van der Waals surface area contributed by atoms with Crippen molar-refractivity contribution in [3.8, 4) is 11.1 Å². The Kier molecular flexibility index (Phi) is 8.49. The average Bonchev–Trinajstić information content (AvgIpc) is 3.22. The van der Waals surface area contributed by atoms with Gasteiger partial charge >= 0.3 is 6.15 Å². The Hall–Kier alpha value is -4.02. The van der Waals surface area contributed by atoms with E-state index < -0.39 is 0 Å². The number of carbonyl (C=O) groups excluding carboxylic acids is 3. The lowest BCUT2D eigenvalue weighted by Crippen LogP contribution is -2.33. The predicted octanol–water partition coefficient (Wildman–Crippen LogP) is 5.33. The molecule has 1 aromatic heterocycles. The van der Waals surface area contributed by atoms with Crippen molar-refractivity contribution >= 4 is 23.1 Å². The van der Waals surface area contributed by atoms with E-state index in [-0.39, 0.29) is 18.1 Å². The third-order valence-electron chi connectivity index (χ3n) is 5.50. The summed E-state index contributed by atoms with van der Waals surface area (Å²) in [5.41, 5.74) is 6.16. The molecule has 0 radical (unpaired) electrons. The second-order valence-electron chi connectivity index (χ2n) is 8.73. The molecule has 0 spiro atoms. The minimum Gasteiger partial charge on any atom is -0.350 e. The molecule has 0 saturated carbocycles. The van der Waals surface area contributed by atoms with Gasteiger partial charge in [0.2, 0.25) is 0 Å². The lowest BCUT2D eigenvalue weighted by atomic mass is 10.0. The van der Waals surface area contributed by atoms with Crippen LogP contribution in [0, 0.1) is 5.92 Å². The lowest BCUT2D eigenvalue weighted by Gasteiger charge is -2.16. The Morgan fingerprint density at radius 3 is 2.24 bits per heavy atom. The third kappa shape index (κ3) is 6.50. The molecule has 6 heteroatoms. The van der Waals surface area contributed by atoms with Crippen LogP contribution in [0.5, 0.6) is 0 Å². The van der Waals surface area contributed by atoms with Crippen molar-refractivity contribution in [1.82, 2.24) is 14.9 Å². The van der Waals surface area contributed by atoms with E-state index in [9.17, 15) is 4.79 Å². The van der Waals surface area contributed by atoms with Gasteiger partial charge in [0.1, 0.15) is 0 Å². The highest BCUT2D eigenvalue weighted by molar-refractivity contribution is 5.97. The van der Waals surface area contributed by atoms with E-state index in [2.05, 4.69) is 77.2 Å². The number of amides is 1. The van der Waals surface area contributed by atoms with Gasteiger partial charge in [-0.3, -0.25) is 4.79 Å². The summed E-state index contributed by atoms with van der Waals surface area (Å²) in [6.45, 7) is 7.11. The van der Waals surface area contributed by atoms with Crippen molar-refractivity contribution < 1.29 is 14.4 Å². The van der Waals surface area contributed by atoms with Gasteiger partial charge in [-0.25, -0.2) is 4.98 Å². The van der Waals surface area contributed by atoms with Crippen LogP contribution in [0.25, 0.3) is 22.2 Å². The highest BCUT2D eigenvalue weighted by atomic mass is 16.2. The number of benzene rings is 3. The molecule has 1 unspecified atom stereocenters. The van der Waals surface area contributed by atoms with Crippen LogP contribution < -0.4 is 5.32 Å². The summed E-state index contributed by atoms with van der Waals surface area (Å²) in [6.07, 6.45) is 3.06. The summed E-state index contributed by atoms with van der Waals surface area (Å²) in [5.74, 6) is 0.510. The summed E-state index contributed by atoms with van der Waals surface area (Å²) in [7, 11) is 0. The molecule has 3 aromatic carbocycles. The number of hydrogen-bond donors (Lipinski definition) is 1.